The van der Waals surface area contributed by atoms with Crippen molar-refractivity contribution in [3.63, 3.8) is 0 Å². The number of nitrogens with zero attached hydrogens (tertiary/aromatic N) is 2. The van der Waals surface area contributed by atoms with Crippen LogP contribution < -0.4 is 4.90 Å². The molecule has 0 spiro atoms. The predicted octanol–water partition coefficient (Wildman–Crippen LogP) is 2.80. The summed E-state index contributed by atoms with van der Waals surface area (Å²) in [4.78, 5) is 4.63. The van der Waals surface area contributed by atoms with Crippen molar-refractivity contribution in [2.45, 2.75) is 38.8 Å². The van der Waals surface area contributed by atoms with Crippen LogP contribution in [0.1, 0.15) is 38.4 Å². The van der Waals surface area contributed by atoms with Crippen molar-refractivity contribution >= 4 is 5.69 Å². The lowest BCUT2D eigenvalue weighted by Crippen LogP contribution is -2.39. The van der Waals surface area contributed by atoms with Crippen LogP contribution in [0.3, 0.4) is 0 Å². The Bertz CT molecular complexity index is 450. The van der Waals surface area contributed by atoms with Crippen molar-refractivity contribution in [2.75, 3.05) is 31.6 Å². The summed E-state index contributed by atoms with van der Waals surface area (Å²) >= 11 is 0. The van der Waals surface area contributed by atoms with Gasteiger partial charge in [-0.15, -0.1) is 0 Å². The number of likely N-dealkylation sites (tertiary alicyclic amines) is 1. The van der Waals surface area contributed by atoms with Gasteiger partial charge in [0.05, 0.1) is 6.10 Å². The average Bonchev–Trinajstić information content (AvgIpc) is 2.85. The van der Waals surface area contributed by atoms with Gasteiger partial charge in [0.2, 0.25) is 0 Å². The first kappa shape index (κ1) is 15.3. The summed E-state index contributed by atoms with van der Waals surface area (Å²) in [5, 5.41) is 9.83. The van der Waals surface area contributed by atoms with Gasteiger partial charge >= 0.3 is 0 Å². The molecular weight excluding hydrogens is 255 g/mol. The molecule has 2 atom stereocenters. The highest BCUT2D eigenvalue weighted by Gasteiger charge is 2.25. The van der Waals surface area contributed by atoms with Crippen molar-refractivity contribution < 1.29 is 9.50 Å². The molecule has 1 aliphatic heterocycles. The minimum Gasteiger partial charge on any atom is -0.389 e. The fraction of sp³-hybridized carbons (Fsp3) is 0.625. The third-order valence-electron chi connectivity index (χ3n) is 4.24. The Balaban J connectivity index is 2.14. The fourth-order valence-corrected chi connectivity index (χ4v) is 3.14. The van der Waals surface area contributed by atoms with Gasteiger partial charge in [-0.3, -0.25) is 4.90 Å². The molecule has 112 valence electrons. The van der Waals surface area contributed by atoms with Gasteiger partial charge in [-0.1, -0.05) is 6.92 Å². The second-order valence-electron chi connectivity index (χ2n) is 5.68. The van der Waals surface area contributed by atoms with Crippen molar-refractivity contribution in [3.8, 4) is 0 Å². The van der Waals surface area contributed by atoms with Crippen LogP contribution >= 0.6 is 0 Å². The van der Waals surface area contributed by atoms with Crippen LogP contribution in [0.5, 0.6) is 0 Å². The van der Waals surface area contributed by atoms with E-state index in [9.17, 15) is 9.50 Å². The third-order valence-corrected chi connectivity index (χ3v) is 4.24. The van der Waals surface area contributed by atoms with Gasteiger partial charge in [0, 0.05) is 30.9 Å². The summed E-state index contributed by atoms with van der Waals surface area (Å²) in [5.41, 5.74) is 1.58. The molecule has 20 heavy (non-hydrogen) atoms. The molecule has 0 aliphatic carbocycles. The van der Waals surface area contributed by atoms with E-state index in [1.807, 2.05) is 7.05 Å². The van der Waals surface area contributed by atoms with Gasteiger partial charge in [0.15, 0.2) is 0 Å². The molecule has 1 unspecified atom stereocenters. The van der Waals surface area contributed by atoms with Crippen LogP contribution in [0.25, 0.3) is 0 Å². The van der Waals surface area contributed by atoms with E-state index in [4.69, 9.17) is 0 Å². The zero-order valence-electron chi connectivity index (χ0n) is 12.6. The lowest BCUT2D eigenvalue weighted by molar-refractivity contribution is 0.199. The van der Waals surface area contributed by atoms with Gasteiger partial charge in [-0.25, -0.2) is 4.39 Å². The summed E-state index contributed by atoms with van der Waals surface area (Å²) in [5.74, 6) is -0.297. The van der Waals surface area contributed by atoms with E-state index >= 15 is 0 Å². The molecule has 1 aromatic carbocycles. The van der Waals surface area contributed by atoms with E-state index in [0.717, 1.165) is 18.8 Å². The molecule has 0 amide bonds. The summed E-state index contributed by atoms with van der Waals surface area (Å²) in [6.45, 7) is 7.03. The van der Waals surface area contributed by atoms with Crippen LogP contribution in [0.15, 0.2) is 18.2 Å². The Morgan fingerprint density at radius 3 is 2.90 bits per heavy atom. The molecule has 0 aromatic heterocycles. The highest BCUT2D eigenvalue weighted by Crippen LogP contribution is 2.28. The van der Waals surface area contributed by atoms with Crippen LogP contribution in [0.4, 0.5) is 10.1 Å². The average molecular weight is 280 g/mol. The molecule has 4 heteroatoms. The normalized spacial score (nSPS) is 21.1. The first-order valence-corrected chi connectivity index (χ1v) is 7.45. The van der Waals surface area contributed by atoms with Crippen molar-refractivity contribution in [1.82, 2.24) is 4.90 Å². The smallest absolute Gasteiger partial charge is 0.123 e. The molecule has 1 aromatic rings. The predicted molar refractivity (Wildman–Crippen MR) is 80.6 cm³/mol. The number of anilines is 1. The number of aliphatic hydroxyl groups excluding tert-OH is 1. The third kappa shape index (κ3) is 3.30. The van der Waals surface area contributed by atoms with Crippen molar-refractivity contribution in [1.29, 1.82) is 0 Å². The van der Waals surface area contributed by atoms with Crippen LogP contribution in [-0.4, -0.2) is 42.7 Å². The summed E-state index contributed by atoms with van der Waals surface area (Å²) in [6.07, 6.45) is 1.80. The Hall–Kier alpha value is -1.13. The number of hydrogen-bond acceptors (Lipinski definition) is 3. The van der Waals surface area contributed by atoms with Gasteiger partial charge < -0.3 is 10.0 Å². The SMILES string of the molecule is CCN1CCCC1CN(C)c1ccc(F)cc1[C@H](C)O. The lowest BCUT2D eigenvalue weighted by atomic mass is 10.1. The zero-order chi connectivity index (χ0) is 14.7. The van der Waals surface area contributed by atoms with E-state index in [1.54, 1.807) is 13.0 Å². The summed E-state index contributed by atoms with van der Waals surface area (Å²) in [6, 6.07) is 5.21. The minimum atomic E-state index is -0.658. The number of rotatable bonds is 5. The highest BCUT2D eigenvalue weighted by atomic mass is 19.1. The second kappa shape index (κ2) is 6.55. The van der Waals surface area contributed by atoms with Gasteiger partial charge in [0.1, 0.15) is 5.82 Å². The van der Waals surface area contributed by atoms with E-state index in [1.165, 1.54) is 31.5 Å². The molecule has 3 nitrogen and oxygen atoms in total. The maximum atomic E-state index is 13.4. The number of aliphatic hydroxyl groups is 1. The maximum Gasteiger partial charge on any atom is 0.123 e. The molecule has 1 N–H and O–H groups in total. The molecular formula is C16H25FN2O. The molecule has 2 rings (SSSR count). The van der Waals surface area contributed by atoms with Crippen molar-refractivity contribution in [2.24, 2.45) is 0 Å². The summed E-state index contributed by atoms with van der Waals surface area (Å²) < 4.78 is 13.4. The standard InChI is InChI=1S/C16H25FN2O/c1-4-19-9-5-6-14(19)11-18(3)16-8-7-13(17)10-15(16)12(2)20/h7-8,10,12,14,20H,4-6,9,11H2,1-3H3/t12-,14?/m0/s1. The molecule has 1 saturated heterocycles. The highest BCUT2D eigenvalue weighted by molar-refractivity contribution is 5.54. The van der Waals surface area contributed by atoms with E-state index in [0.29, 0.717) is 11.6 Å². The van der Waals surface area contributed by atoms with Crippen molar-refractivity contribution in [3.05, 3.63) is 29.6 Å². The molecule has 0 radical (unpaired) electrons. The van der Waals surface area contributed by atoms with Crippen LogP contribution in [0, 0.1) is 5.82 Å². The second-order valence-corrected chi connectivity index (χ2v) is 5.68. The van der Waals surface area contributed by atoms with Gasteiger partial charge in [0.25, 0.3) is 0 Å². The van der Waals surface area contributed by atoms with E-state index < -0.39 is 6.10 Å². The molecule has 0 bridgehead atoms. The van der Waals surface area contributed by atoms with Crippen LogP contribution in [-0.2, 0) is 0 Å². The molecule has 0 saturated carbocycles. The first-order chi connectivity index (χ1) is 9.52. The zero-order valence-corrected chi connectivity index (χ0v) is 12.6. The van der Waals surface area contributed by atoms with E-state index in [2.05, 4.69) is 16.7 Å². The Morgan fingerprint density at radius 1 is 1.50 bits per heavy atom. The molecule has 1 heterocycles. The van der Waals surface area contributed by atoms with E-state index in [-0.39, 0.29) is 5.82 Å². The topological polar surface area (TPSA) is 26.7 Å². The molecule has 1 fully saturated rings. The quantitative estimate of drug-likeness (QED) is 0.898. The summed E-state index contributed by atoms with van der Waals surface area (Å²) in [7, 11) is 2.02. The fourth-order valence-electron chi connectivity index (χ4n) is 3.14. The maximum absolute atomic E-state index is 13.4. The largest absolute Gasteiger partial charge is 0.389 e. The number of benzene rings is 1. The minimum absolute atomic E-state index is 0.297. The lowest BCUT2D eigenvalue weighted by Gasteiger charge is -2.30. The Kier molecular flexibility index (Phi) is 5.00. The Morgan fingerprint density at radius 2 is 2.25 bits per heavy atom. The van der Waals surface area contributed by atoms with Gasteiger partial charge in [-0.2, -0.15) is 0 Å². The number of halogens is 1. The number of hydrogen-bond donors (Lipinski definition) is 1. The van der Waals surface area contributed by atoms with Crippen LogP contribution in [0.2, 0.25) is 0 Å². The van der Waals surface area contributed by atoms with Gasteiger partial charge in [-0.05, 0) is 51.1 Å². The monoisotopic (exact) mass is 280 g/mol. The first-order valence-electron chi connectivity index (χ1n) is 7.45. The number of likely N-dealkylation sites (N-methyl/N-ethyl adjacent to an activating group) is 2. The molecule has 1 aliphatic rings. The Labute approximate surface area is 121 Å².